The fourth-order valence-electron chi connectivity index (χ4n) is 1.32. The number of amidine groups is 1. The lowest BCUT2D eigenvalue weighted by Gasteiger charge is -2.12. The molecule has 0 amide bonds. The van der Waals surface area contributed by atoms with Gasteiger partial charge in [0.05, 0.1) is 11.3 Å². The third-order valence-corrected chi connectivity index (χ3v) is 3.77. The third kappa shape index (κ3) is 1.25. The molecule has 0 aromatic rings. The number of hydrogen-bond acceptors (Lipinski definition) is 3. The van der Waals surface area contributed by atoms with Crippen molar-refractivity contribution in [3.63, 3.8) is 0 Å². The van der Waals surface area contributed by atoms with Gasteiger partial charge in [0.1, 0.15) is 0 Å². The van der Waals surface area contributed by atoms with Gasteiger partial charge in [-0.2, -0.15) is 0 Å². The molecule has 2 heterocycles. The van der Waals surface area contributed by atoms with E-state index in [1.165, 1.54) is 0 Å². The van der Waals surface area contributed by atoms with E-state index < -0.39 is 10.8 Å². The molecular weight excluding hydrogens is 184 g/mol. The van der Waals surface area contributed by atoms with E-state index >= 15 is 0 Å². The minimum Gasteiger partial charge on any atom is -0.259 e. The van der Waals surface area contributed by atoms with E-state index in [4.69, 9.17) is 11.6 Å². The lowest BCUT2D eigenvalue weighted by molar-refractivity contribution is 0.680. The van der Waals surface area contributed by atoms with Crippen molar-refractivity contribution in [2.75, 3.05) is 5.75 Å². The lowest BCUT2D eigenvalue weighted by Crippen LogP contribution is -2.26. The second-order valence-corrected chi connectivity index (χ2v) is 4.63. The number of aliphatic imine (C=N–C) groups is 2. The fourth-order valence-corrected chi connectivity index (χ4v) is 2.99. The minimum absolute atomic E-state index is 0.0255. The highest BCUT2D eigenvalue weighted by molar-refractivity contribution is 7.86. The standard InChI is InChI=1S/C6H7ClN2OS/c7-6-8-3-5-4(9-6)1-2-11(5)10/h3-5H,1-2H2. The number of nitrogens with zero attached hydrogens (tertiary/aromatic N) is 2. The molecule has 60 valence electrons. The van der Waals surface area contributed by atoms with Crippen molar-refractivity contribution in [2.45, 2.75) is 17.7 Å². The maximum Gasteiger partial charge on any atom is 0.217 e. The van der Waals surface area contributed by atoms with Gasteiger partial charge in [0, 0.05) is 22.8 Å². The first-order valence-electron chi connectivity index (χ1n) is 3.42. The Kier molecular flexibility index (Phi) is 1.81. The van der Waals surface area contributed by atoms with Crippen molar-refractivity contribution >= 4 is 33.9 Å². The summed E-state index contributed by atoms with van der Waals surface area (Å²) < 4.78 is 11.2. The second-order valence-electron chi connectivity index (χ2n) is 2.58. The molecule has 3 unspecified atom stereocenters. The van der Waals surface area contributed by atoms with E-state index in [0.29, 0.717) is 5.29 Å². The van der Waals surface area contributed by atoms with Crippen LogP contribution in [-0.4, -0.2) is 32.8 Å². The molecule has 0 aromatic heterocycles. The molecule has 0 saturated carbocycles. The summed E-state index contributed by atoms with van der Waals surface area (Å²) in [5.41, 5.74) is 0. The molecule has 2 aliphatic heterocycles. The zero-order valence-electron chi connectivity index (χ0n) is 5.74. The SMILES string of the molecule is O=S1CCC2N=C(Cl)N=CC21. The molecule has 3 atom stereocenters. The predicted octanol–water partition coefficient (Wildman–Crippen LogP) is 0.555. The van der Waals surface area contributed by atoms with Crippen LogP contribution in [0.3, 0.4) is 0 Å². The number of fused-ring (bicyclic) bond motifs is 1. The van der Waals surface area contributed by atoms with Crippen molar-refractivity contribution in [1.29, 1.82) is 0 Å². The molecule has 11 heavy (non-hydrogen) atoms. The van der Waals surface area contributed by atoms with Crippen LogP contribution in [0.15, 0.2) is 9.98 Å². The Balaban J connectivity index is 2.27. The topological polar surface area (TPSA) is 41.8 Å². The van der Waals surface area contributed by atoms with Crippen molar-refractivity contribution < 1.29 is 4.21 Å². The van der Waals surface area contributed by atoms with Gasteiger partial charge in [-0.05, 0) is 18.0 Å². The summed E-state index contributed by atoms with van der Waals surface area (Å²) >= 11 is 5.58. The molecule has 0 radical (unpaired) electrons. The van der Waals surface area contributed by atoms with Gasteiger partial charge in [-0.25, -0.2) is 4.99 Å². The van der Waals surface area contributed by atoms with Crippen LogP contribution in [0.5, 0.6) is 0 Å². The number of hydrogen-bond donors (Lipinski definition) is 0. The van der Waals surface area contributed by atoms with Gasteiger partial charge in [-0.1, -0.05) is 0 Å². The van der Waals surface area contributed by atoms with Crippen LogP contribution in [0.4, 0.5) is 0 Å². The van der Waals surface area contributed by atoms with Crippen molar-refractivity contribution in [2.24, 2.45) is 9.98 Å². The molecule has 1 saturated heterocycles. The molecule has 1 fully saturated rings. The van der Waals surface area contributed by atoms with Gasteiger partial charge in [-0.15, -0.1) is 0 Å². The molecule has 0 bridgehead atoms. The average Bonchev–Trinajstić information content (AvgIpc) is 2.32. The smallest absolute Gasteiger partial charge is 0.217 e. The molecule has 0 aromatic carbocycles. The Morgan fingerprint density at radius 3 is 3.36 bits per heavy atom. The maximum absolute atomic E-state index is 11.2. The van der Waals surface area contributed by atoms with Crippen LogP contribution in [0, 0.1) is 0 Å². The summed E-state index contributed by atoms with van der Waals surface area (Å²) in [5.74, 6) is 0.731. The highest BCUT2D eigenvalue weighted by atomic mass is 35.5. The van der Waals surface area contributed by atoms with Crippen LogP contribution >= 0.6 is 11.6 Å². The van der Waals surface area contributed by atoms with E-state index in [9.17, 15) is 4.21 Å². The molecule has 0 spiro atoms. The monoisotopic (exact) mass is 190 g/mol. The summed E-state index contributed by atoms with van der Waals surface area (Å²) in [7, 11) is -0.769. The van der Waals surface area contributed by atoms with Crippen LogP contribution in [0.1, 0.15) is 6.42 Å². The van der Waals surface area contributed by atoms with Crippen molar-refractivity contribution in [3.05, 3.63) is 0 Å². The van der Waals surface area contributed by atoms with Gasteiger partial charge >= 0.3 is 0 Å². The Morgan fingerprint density at radius 2 is 2.55 bits per heavy atom. The Labute approximate surface area is 72.0 Å². The molecule has 0 aliphatic carbocycles. The van der Waals surface area contributed by atoms with E-state index in [-0.39, 0.29) is 11.3 Å². The first-order chi connectivity index (χ1) is 5.27. The summed E-state index contributed by atoms with van der Waals surface area (Å²) in [5, 5.41) is 0.322. The maximum atomic E-state index is 11.2. The van der Waals surface area contributed by atoms with Gasteiger partial charge in [0.15, 0.2) is 0 Å². The average molecular weight is 191 g/mol. The summed E-state index contributed by atoms with van der Waals surface area (Å²) in [6.07, 6.45) is 2.54. The highest BCUT2D eigenvalue weighted by Crippen LogP contribution is 2.22. The van der Waals surface area contributed by atoms with Crippen molar-refractivity contribution in [3.8, 4) is 0 Å². The van der Waals surface area contributed by atoms with Crippen molar-refractivity contribution in [1.82, 2.24) is 0 Å². The summed E-state index contributed by atoms with van der Waals surface area (Å²) in [6, 6.07) is 0.126. The van der Waals surface area contributed by atoms with E-state index in [0.717, 1.165) is 12.2 Å². The third-order valence-electron chi connectivity index (χ3n) is 1.90. The highest BCUT2D eigenvalue weighted by Gasteiger charge is 2.34. The van der Waals surface area contributed by atoms with Crippen LogP contribution < -0.4 is 0 Å². The van der Waals surface area contributed by atoms with Crippen LogP contribution in [-0.2, 0) is 10.8 Å². The zero-order chi connectivity index (χ0) is 7.84. The summed E-state index contributed by atoms with van der Waals surface area (Å²) in [6.45, 7) is 0. The van der Waals surface area contributed by atoms with Crippen LogP contribution in [0.25, 0.3) is 0 Å². The molecule has 2 aliphatic rings. The van der Waals surface area contributed by atoms with Gasteiger partial charge in [-0.3, -0.25) is 9.20 Å². The predicted molar refractivity (Wildman–Crippen MR) is 47.0 cm³/mol. The molecule has 0 N–H and O–H groups in total. The quantitative estimate of drug-likeness (QED) is 0.515. The largest absolute Gasteiger partial charge is 0.259 e. The normalized spacial score (nSPS) is 41.9. The molecule has 5 heteroatoms. The van der Waals surface area contributed by atoms with Gasteiger partial charge in [0.2, 0.25) is 5.29 Å². The first kappa shape index (κ1) is 7.43. The van der Waals surface area contributed by atoms with E-state index in [1.807, 2.05) is 0 Å². The number of halogens is 1. The van der Waals surface area contributed by atoms with Crippen LogP contribution in [0.2, 0.25) is 0 Å². The van der Waals surface area contributed by atoms with E-state index in [1.54, 1.807) is 6.21 Å². The van der Waals surface area contributed by atoms with Gasteiger partial charge < -0.3 is 0 Å². The molecule has 2 rings (SSSR count). The van der Waals surface area contributed by atoms with E-state index in [2.05, 4.69) is 9.98 Å². The molecule has 3 nitrogen and oxygen atoms in total. The first-order valence-corrected chi connectivity index (χ1v) is 5.18. The fraction of sp³-hybridized carbons (Fsp3) is 0.667. The zero-order valence-corrected chi connectivity index (χ0v) is 7.31. The summed E-state index contributed by atoms with van der Waals surface area (Å²) in [4.78, 5) is 7.91. The Bertz CT molecular complexity index is 263. The second kappa shape index (κ2) is 2.68. The minimum atomic E-state index is -0.769. The molecular formula is C6H7ClN2OS. The van der Waals surface area contributed by atoms with Gasteiger partial charge in [0.25, 0.3) is 0 Å². The Morgan fingerprint density at radius 1 is 1.73 bits per heavy atom. The Hall–Kier alpha value is -0.220. The number of rotatable bonds is 0. The lowest BCUT2D eigenvalue weighted by atomic mass is 10.2.